The lowest BCUT2D eigenvalue weighted by Gasteiger charge is -2.22. The van der Waals surface area contributed by atoms with Crippen LogP contribution in [-0.2, 0) is 11.3 Å². The molecule has 148 valence electrons. The maximum Gasteiger partial charge on any atom is 0.410 e. The number of carbonyl (C=O) groups excluding carboxylic acids is 1. The van der Waals surface area contributed by atoms with Crippen LogP contribution in [0.15, 0.2) is 60.3 Å². The van der Waals surface area contributed by atoms with Gasteiger partial charge in [-0.1, -0.05) is 30.3 Å². The van der Waals surface area contributed by atoms with Gasteiger partial charge in [0.25, 0.3) is 5.69 Å². The van der Waals surface area contributed by atoms with Gasteiger partial charge in [-0.25, -0.2) is 10.6 Å². The molecule has 0 saturated carbocycles. The van der Waals surface area contributed by atoms with Crippen LogP contribution in [0, 0.1) is 10.1 Å². The van der Waals surface area contributed by atoms with Crippen molar-refractivity contribution in [3.05, 3.63) is 81.5 Å². The van der Waals surface area contributed by atoms with Crippen molar-refractivity contribution in [3.8, 4) is 0 Å². The highest BCUT2D eigenvalue weighted by Gasteiger charge is 2.16. The van der Waals surface area contributed by atoms with Gasteiger partial charge in [0.1, 0.15) is 6.61 Å². The second-order valence-electron chi connectivity index (χ2n) is 6.17. The number of non-ortho nitro benzene ring substituents is 1. The number of nitrogens with zero attached hydrogens (tertiary/aromatic N) is 3. The highest BCUT2D eigenvalue weighted by molar-refractivity contribution is 5.69. The number of hydrogen-bond acceptors (Lipinski definition) is 7. The zero-order chi connectivity index (χ0) is 20.7. The van der Waals surface area contributed by atoms with Crippen molar-refractivity contribution >= 4 is 17.5 Å². The summed E-state index contributed by atoms with van der Waals surface area (Å²) in [5, 5.41) is 12.0. The van der Waals surface area contributed by atoms with E-state index in [1.54, 1.807) is 14.1 Å². The average Bonchev–Trinajstić information content (AvgIpc) is 2.68. The molecule has 9 nitrogen and oxygen atoms in total. The molecule has 0 radical (unpaired) electrons. The first-order valence-electron chi connectivity index (χ1n) is 8.43. The van der Waals surface area contributed by atoms with E-state index in [1.165, 1.54) is 34.2 Å². The molecule has 0 saturated heterocycles. The van der Waals surface area contributed by atoms with Crippen LogP contribution in [0.3, 0.4) is 0 Å². The number of ether oxygens (including phenoxy) is 1. The number of benzene rings is 2. The van der Waals surface area contributed by atoms with Crippen LogP contribution in [0.5, 0.6) is 0 Å². The van der Waals surface area contributed by atoms with E-state index >= 15 is 0 Å². The zero-order valence-corrected chi connectivity index (χ0v) is 15.7. The molecular weight excluding hydrogens is 362 g/mol. The molecule has 0 atom stereocenters. The number of nitrogens with two attached hydrogens (primary N) is 2. The molecule has 0 aliphatic heterocycles. The van der Waals surface area contributed by atoms with Crippen LogP contribution in [0.25, 0.3) is 5.70 Å². The summed E-state index contributed by atoms with van der Waals surface area (Å²) in [5.41, 5.74) is 8.23. The fourth-order valence-electron chi connectivity index (χ4n) is 2.46. The second kappa shape index (κ2) is 9.38. The van der Waals surface area contributed by atoms with E-state index in [-0.39, 0.29) is 18.0 Å². The molecule has 0 aromatic heterocycles. The first-order chi connectivity index (χ1) is 13.3. The van der Waals surface area contributed by atoms with E-state index in [2.05, 4.69) is 0 Å². The Morgan fingerprint density at radius 3 is 2.25 bits per heavy atom. The third-order valence-corrected chi connectivity index (χ3v) is 4.03. The molecule has 0 heterocycles. The van der Waals surface area contributed by atoms with Crippen molar-refractivity contribution in [2.75, 3.05) is 20.7 Å². The molecule has 2 rings (SSSR count). The summed E-state index contributed by atoms with van der Waals surface area (Å²) in [6, 6.07) is 15.2. The van der Waals surface area contributed by atoms with E-state index in [0.717, 1.165) is 5.56 Å². The maximum absolute atomic E-state index is 12.3. The third-order valence-electron chi connectivity index (χ3n) is 4.03. The molecule has 0 unspecified atom stereocenters. The van der Waals surface area contributed by atoms with E-state index in [0.29, 0.717) is 17.8 Å². The minimum absolute atomic E-state index is 0.0480. The molecule has 0 bridgehead atoms. The van der Waals surface area contributed by atoms with E-state index in [9.17, 15) is 14.9 Å². The number of carbonyl (C=O) groups is 1. The van der Waals surface area contributed by atoms with Gasteiger partial charge < -0.3 is 20.4 Å². The Morgan fingerprint density at radius 2 is 1.71 bits per heavy atom. The average molecular weight is 385 g/mol. The number of likely N-dealkylation sites (N-methyl/N-ethyl adjacent to an activating group) is 1. The fourth-order valence-corrected chi connectivity index (χ4v) is 2.46. The predicted molar refractivity (Wildman–Crippen MR) is 105 cm³/mol. The Hall–Kier alpha value is -3.59. The van der Waals surface area contributed by atoms with Crippen LogP contribution < -0.4 is 11.6 Å². The van der Waals surface area contributed by atoms with Crippen molar-refractivity contribution < 1.29 is 14.5 Å². The standard InChI is InChI=1S/C19H23N5O4/c1-22(12-14-6-4-3-5-7-14)19(25)28-13-17(23(2)21)18(20)15-8-10-16(11-9-15)24(26)27/h3-11H,12-13,20-21H2,1-2H3/b18-17-. The van der Waals surface area contributed by atoms with Gasteiger partial charge in [0.2, 0.25) is 0 Å². The van der Waals surface area contributed by atoms with Crippen LogP contribution in [0.4, 0.5) is 10.5 Å². The normalized spacial score (nSPS) is 11.4. The van der Waals surface area contributed by atoms with E-state index in [1.807, 2.05) is 30.3 Å². The number of nitro groups is 1. The summed E-state index contributed by atoms with van der Waals surface area (Å²) >= 11 is 0. The lowest BCUT2D eigenvalue weighted by molar-refractivity contribution is -0.384. The minimum Gasteiger partial charge on any atom is -0.443 e. The first kappa shape index (κ1) is 20.7. The van der Waals surface area contributed by atoms with Gasteiger partial charge in [-0.3, -0.25) is 10.1 Å². The summed E-state index contributed by atoms with van der Waals surface area (Å²) in [4.78, 5) is 24.0. The predicted octanol–water partition coefficient (Wildman–Crippen LogP) is 2.30. The van der Waals surface area contributed by atoms with Gasteiger partial charge >= 0.3 is 6.09 Å². The Labute approximate surface area is 162 Å². The van der Waals surface area contributed by atoms with E-state index in [4.69, 9.17) is 16.3 Å². The summed E-state index contributed by atoms with van der Waals surface area (Å²) in [7, 11) is 3.19. The number of amides is 1. The molecule has 4 N–H and O–H groups in total. The van der Waals surface area contributed by atoms with Gasteiger partial charge in [0, 0.05) is 32.8 Å². The van der Waals surface area contributed by atoms with Crippen molar-refractivity contribution in [2.24, 2.45) is 11.6 Å². The lowest BCUT2D eigenvalue weighted by atomic mass is 10.1. The highest BCUT2D eigenvalue weighted by atomic mass is 16.6. The number of rotatable bonds is 7. The number of hydrogen-bond donors (Lipinski definition) is 2. The molecule has 2 aromatic carbocycles. The van der Waals surface area contributed by atoms with Gasteiger partial charge in [0.05, 0.1) is 16.3 Å². The summed E-state index contributed by atoms with van der Waals surface area (Å²) < 4.78 is 5.32. The molecule has 0 fully saturated rings. The Kier molecular flexibility index (Phi) is 6.94. The van der Waals surface area contributed by atoms with Gasteiger partial charge in [-0.15, -0.1) is 0 Å². The van der Waals surface area contributed by atoms with Crippen molar-refractivity contribution in [1.82, 2.24) is 9.91 Å². The largest absolute Gasteiger partial charge is 0.443 e. The Morgan fingerprint density at radius 1 is 1.11 bits per heavy atom. The van der Waals surface area contributed by atoms with Crippen molar-refractivity contribution in [2.45, 2.75) is 6.54 Å². The molecule has 28 heavy (non-hydrogen) atoms. The SMILES string of the molecule is CN(Cc1ccccc1)C(=O)OC/C(=C(/N)c1ccc([N+](=O)[O-])cc1)N(C)N. The quantitative estimate of drug-likeness (QED) is 0.425. The topological polar surface area (TPSA) is 128 Å². The molecule has 9 heteroatoms. The summed E-state index contributed by atoms with van der Waals surface area (Å²) in [6.07, 6.45) is -0.528. The van der Waals surface area contributed by atoms with Crippen LogP contribution in [-0.4, -0.2) is 41.6 Å². The maximum atomic E-state index is 12.3. The van der Waals surface area contributed by atoms with Gasteiger partial charge in [-0.05, 0) is 23.3 Å². The Bertz CT molecular complexity index is 850. The number of hydrazine groups is 1. The van der Waals surface area contributed by atoms with Crippen molar-refractivity contribution in [1.29, 1.82) is 0 Å². The highest BCUT2D eigenvalue weighted by Crippen LogP contribution is 2.19. The van der Waals surface area contributed by atoms with Gasteiger partial charge in [0.15, 0.2) is 0 Å². The Balaban J connectivity index is 2.07. The molecule has 0 spiro atoms. The number of nitro benzene ring substituents is 1. The molecule has 1 amide bonds. The summed E-state index contributed by atoms with van der Waals surface area (Å²) in [6.45, 7) is 0.253. The second-order valence-corrected chi connectivity index (χ2v) is 6.17. The lowest BCUT2D eigenvalue weighted by Crippen LogP contribution is -2.33. The zero-order valence-electron chi connectivity index (χ0n) is 15.7. The molecule has 0 aliphatic rings. The first-order valence-corrected chi connectivity index (χ1v) is 8.43. The molecule has 0 aliphatic carbocycles. The molecule has 2 aromatic rings. The minimum atomic E-state index is -0.528. The van der Waals surface area contributed by atoms with Crippen LogP contribution in [0.2, 0.25) is 0 Å². The monoisotopic (exact) mass is 385 g/mol. The fraction of sp³-hybridized carbons (Fsp3) is 0.211. The van der Waals surface area contributed by atoms with Crippen LogP contribution in [0.1, 0.15) is 11.1 Å². The smallest absolute Gasteiger partial charge is 0.410 e. The van der Waals surface area contributed by atoms with Crippen molar-refractivity contribution in [3.63, 3.8) is 0 Å². The third kappa shape index (κ3) is 5.45. The molecular formula is C19H23N5O4. The summed E-state index contributed by atoms with van der Waals surface area (Å²) in [5.74, 6) is 5.82. The van der Waals surface area contributed by atoms with E-state index < -0.39 is 11.0 Å². The van der Waals surface area contributed by atoms with Gasteiger partial charge in [-0.2, -0.15) is 0 Å². The van der Waals surface area contributed by atoms with Crippen LogP contribution >= 0.6 is 0 Å².